The molecule has 20 heavy (non-hydrogen) atoms. The Bertz CT molecular complexity index is 534. The van der Waals surface area contributed by atoms with Crippen LogP contribution in [0.2, 0.25) is 0 Å². The molecule has 1 heterocycles. The van der Waals surface area contributed by atoms with Gasteiger partial charge in [-0.25, -0.2) is 4.79 Å². The second-order valence-electron chi connectivity index (χ2n) is 4.85. The summed E-state index contributed by atoms with van der Waals surface area (Å²) < 4.78 is 16.0. The van der Waals surface area contributed by atoms with Crippen molar-refractivity contribution in [1.29, 1.82) is 0 Å². The van der Waals surface area contributed by atoms with Crippen LogP contribution in [0.3, 0.4) is 0 Å². The maximum absolute atomic E-state index is 11.9. The van der Waals surface area contributed by atoms with E-state index in [0.717, 1.165) is 24.8 Å². The van der Waals surface area contributed by atoms with E-state index in [9.17, 15) is 4.79 Å². The monoisotopic (exact) mass is 276 g/mol. The minimum atomic E-state index is -0.367. The van der Waals surface area contributed by atoms with Crippen LogP contribution in [0.1, 0.15) is 37.7 Å². The molecule has 1 atom stereocenters. The van der Waals surface area contributed by atoms with E-state index in [4.69, 9.17) is 14.2 Å². The first-order valence-corrected chi connectivity index (χ1v) is 6.79. The summed E-state index contributed by atoms with van der Waals surface area (Å²) in [5.41, 5.74) is 1.39. The van der Waals surface area contributed by atoms with Crippen LogP contribution in [-0.4, -0.2) is 20.2 Å². The van der Waals surface area contributed by atoms with Crippen molar-refractivity contribution >= 4 is 5.97 Å². The SMILES string of the molecule is C=C1C(=O)Oc2cc(OC)cc(OC)c2C1CCCC. The number of methoxy groups -OCH3 is 2. The maximum Gasteiger partial charge on any atom is 0.339 e. The lowest BCUT2D eigenvalue weighted by atomic mass is 9.84. The predicted molar refractivity (Wildman–Crippen MR) is 76.6 cm³/mol. The number of unbranched alkanes of at least 4 members (excludes halogenated alkanes) is 1. The number of fused-ring (bicyclic) bond motifs is 1. The molecule has 4 nitrogen and oxygen atoms in total. The third kappa shape index (κ3) is 2.50. The van der Waals surface area contributed by atoms with Crippen LogP contribution >= 0.6 is 0 Å². The predicted octanol–water partition coefficient (Wildman–Crippen LogP) is 3.45. The molecule has 1 aromatic rings. The third-order valence-electron chi connectivity index (χ3n) is 3.61. The largest absolute Gasteiger partial charge is 0.496 e. The summed E-state index contributed by atoms with van der Waals surface area (Å²) >= 11 is 0. The van der Waals surface area contributed by atoms with Crippen LogP contribution in [0.5, 0.6) is 17.2 Å². The Balaban J connectivity index is 2.52. The van der Waals surface area contributed by atoms with Crippen LogP contribution in [-0.2, 0) is 4.79 Å². The molecular formula is C16H20O4. The molecule has 4 heteroatoms. The van der Waals surface area contributed by atoms with Crippen molar-refractivity contribution in [3.05, 3.63) is 29.8 Å². The van der Waals surface area contributed by atoms with E-state index in [2.05, 4.69) is 13.5 Å². The molecule has 1 aliphatic heterocycles. The molecule has 0 saturated heterocycles. The highest BCUT2D eigenvalue weighted by Crippen LogP contribution is 2.46. The van der Waals surface area contributed by atoms with Crippen molar-refractivity contribution in [3.63, 3.8) is 0 Å². The van der Waals surface area contributed by atoms with Crippen molar-refractivity contribution in [2.24, 2.45) is 0 Å². The van der Waals surface area contributed by atoms with Gasteiger partial charge in [-0.2, -0.15) is 0 Å². The normalized spacial score (nSPS) is 17.4. The van der Waals surface area contributed by atoms with Crippen LogP contribution in [0.15, 0.2) is 24.3 Å². The molecule has 0 radical (unpaired) electrons. The molecule has 0 aliphatic carbocycles. The third-order valence-corrected chi connectivity index (χ3v) is 3.61. The molecular weight excluding hydrogens is 256 g/mol. The summed E-state index contributed by atoms with van der Waals surface area (Å²) in [6, 6.07) is 3.53. The zero-order chi connectivity index (χ0) is 14.7. The van der Waals surface area contributed by atoms with E-state index < -0.39 is 0 Å². The summed E-state index contributed by atoms with van der Waals surface area (Å²) in [6.45, 7) is 6.01. The van der Waals surface area contributed by atoms with Gasteiger partial charge in [0, 0.05) is 29.2 Å². The molecule has 108 valence electrons. The quantitative estimate of drug-likeness (QED) is 0.469. The topological polar surface area (TPSA) is 44.8 Å². The molecule has 1 aromatic carbocycles. The number of carbonyl (C=O) groups excluding carboxylic acids is 1. The summed E-state index contributed by atoms with van der Waals surface area (Å²) in [5.74, 6) is 1.38. The average molecular weight is 276 g/mol. The number of ether oxygens (including phenoxy) is 3. The Labute approximate surface area is 119 Å². The van der Waals surface area contributed by atoms with E-state index in [0.29, 0.717) is 22.8 Å². The summed E-state index contributed by atoms with van der Waals surface area (Å²) in [5, 5.41) is 0. The number of hydrogen-bond donors (Lipinski definition) is 0. The van der Waals surface area contributed by atoms with Gasteiger partial charge in [0.25, 0.3) is 0 Å². The van der Waals surface area contributed by atoms with Crippen molar-refractivity contribution in [2.45, 2.75) is 32.1 Å². The fourth-order valence-corrected chi connectivity index (χ4v) is 2.50. The van der Waals surface area contributed by atoms with Gasteiger partial charge < -0.3 is 14.2 Å². The number of hydrogen-bond acceptors (Lipinski definition) is 4. The van der Waals surface area contributed by atoms with Crippen LogP contribution < -0.4 is 14.2 Å². The van der Waals surface area contributed by atoms with Crippen molar-refractivity contribution < 1.29 is 19.0 Å². The van der Waals surface area contributed by atoms with Gasteiger partial charge in [-0.1, -0.05) is 26.3 Å². The van der Waals surface area contributed by atoms with Crippen molar-refractivity contribution in [2.75, 3.05) is 14.2 Å². The van der Waals surface area contributed by atoms with Gasteiger partial charge in [0.2, 0.25) is 0 Å². The molecule has 0 N–H and O–H groups in total. The zero-order valence-electron chi connectivity index (χ0n) is 12.2. The number of carbonyl (C=O) groups is 1. The maximum atomic E-state index is 11.9. The Morgan fingerprint density at radius 3 is 2.65 bits per heavy atom. The molecule has 0 spiro atoms. The molecule has 0 aromatic heterocycles. The molecule has 1 aliphatic rings. The van der Waals surface area contributed by atoms with Gasteiger partial charge in [-0.3, -0.25) is 0 Å². The second-order valence-corrected chi connectivity index (χ2v) is 4.85. The van der Waals surface area contributed by atoms with Crippen molar-refractivity contribution in [3.8, 4) is 17.2 Å². The van der Waals surface area contributed by atoms with Crippen molar-refractivity contribution in [1.82, 2.24) is 0 Å². The highest BCUT2D eigenvalue weighted by Gasteiger charge is 2.33. The molecule has 2 rings (SSSR count). The minimum absolute atomic E-state index is 0.0490. The summed E-state index contributed by atoms with van der Waals surface area (Å²) in [4.78, 5) is 11.9. The zero-order valence-corrected chi connectivity index (χ0v) is 12.2. The number of rotatable bonds is 5. The highest BCUT2D eigenvalue weighted by molar-refractivity contribution is 5.94. The fraction of sp³-hybridized carbons (Fsp3) is 0.438. The van der Waals surface area contributed by atoms with E-state index in [1.165, 1.54) is 0 Å². The van der Waals surface area contributed by atoms with E-state index >= 15 is 0 Å². The van der Waals surface area contributed by atoms with Crippen LogP contribution in [0.4, 0.5) is 0 Å². The first-order valence-electron chi connectivity index (χ1n) is 6.79. The summed E-state index contributed by atoms with van der Waals surface area (Å²) in [7, 11) is 3.17. The van der Waals surface area contributed by atoms with Gasteiger partial charge >= 0.3 is 5.97 Å². The van der Waals surface area contributed by atoms with Gasteiger partial charge in [0.15, 0.2) is 0 Å². The van der Waals surface area contributed by atoms with Gasteiger partial charge in [0.05, 0.1) is 14.2 Å². The Morgan fingerprint density at radius 1 is 1.30 bits per heavy atom. The lowest BCUT2D eigenvalue weighted by molar-refractivity contribution is -0.131. The molecule has 0 bridgehead atoms. The van der Waals surface area contributed by atoms with E-state index in [1.54, 1.807) is 20.3 Å². The second kappa shape index (κ2) is 5.99. The lowest BCUT2D eigenvalue weighted by Gasteiger charge is -2.28. The van der Waals surface area contributed by atoms with Crippen LogP contribution in [0, 0.1) is 0 Å². The number of benzene rings is 1. The first-order chi connectivity index (χ1) is 9.62. The van der Waals surface area contributed by atoms with E-state index in [-0.39, 0.29) is 11.9 Å². The standard InChI is InChI=1S/C16H20O4/c1-5-6-7-12-10(2)16(17)20-14-9-11(18-3)8-13(19-4)15(12)14/h8-9,12H,2,5-7H2,1,3-4H3. The Morgan fingerprint density at radius 2 is 2.05 bits per heavy atom. The minimum Gasteiger partial charge on any atom is -0.496 e. The first kappa shape index (κ1) is 14.4. The average Bonchev–Trinajstić information content (AvgIpc) is 2.46. The van der Waals surface area contributed by atoms with Crippen LogP contribution in [0.25, 0.3) is 0 Å². The highest BCUT2D eigenvalue weighted by atomic mass is 16.5. The van der Waals surface area contributed by atoms with E-state index in [1.807, 2.05) is 6.07 Å². The summed E-state index contributed by atoms with van der Waals surface area (Å²) in [6.07, 6.45) is 2.94. The van der Waals surface area contributed by atoms with Gasteiger partial charge in [-0.05, 0) is 6.42 Å². The van der Waals surface area contributed by atoms with Gasteiger partial charge in [-0.15, -0.1) is 0 Å². The smallest absolute Gasteiger partial charge is 0.339 e. The fourth-order valence-electron chi connectivity index (χ4n) is 2.50. The number of esters is 1. The Kier molecular flexibility index (Phi) is 4.32. The molecule has 0 saturated carbocycles. The molecule has 1 unspecified atom stereocenters. The lowest BCUT2D eigenvalue weighted by Crippen LogP contribution is -2.23. The molecule has 0 fully saturated rings. The van der Waals surface area contributed by atoms with Gasteiger partial charge in [0.1, 0.15) is 17.2 Å². The Hall–Kier alpha value is -1.97. The molecule has 0 amide bonds.